The average Bonchev–Trinajstić information content (AvgIpc) is 2.90. The van der Waals surface area contributed by atoms with Crippen LogP contribution in [0.15, 0.2) is 18.2 Å². The Morgan fingerprint density at radius 2 is 1.92 bits per heavy atom. The monoisotopic (exact) mass is 395 g/mol. The van der Waals surface area contributed by atoms with Gasteiger partial charge in [-0.05, 0) is 23.8 Å². The number of hydrogen-bond acceptors (Lipinski definition) is 3. The van der Waals surface area contributed by atoms with Gasteiger partial charge in [0.2, 0.25) is 5.91 Å². The summed E-state index contributed by atoms with van der Waals surface area (Å²) in [5.74, 6) is 1.28. The molecule has 0 spiro atoms. The molecule has 0 radical (unpaired) electrons. The van der Waals surface area contributed by atoms with E-state index in [1.54, 1.807) is 23.1 Å². The molecule has 0 saturated carbocycles. The molecule has 1 aliphatic heterocycles. The van der Waals surface area contributed by atoms with Gasteiger partial charge in [0, 0.05) is 41.7 Å². The third kappa shape index (κ3) is 3.90. The predicted octanol–water partition coefficient (Wildman–Crippen LogP) is 3.86. The van der Waals surface area contributed by atoms with Crippen LogP contribution in [0, 0.1) is 0 Å². The number of hydrogen-bond donors (Lipinski definition) is 1. The molecular weight excluding hydrogens is 373 g/mol. The van der Waals surface area contributed by atoms with Crippen LogP contribution in [0.5, 0.6) is 0 Å². The first-order valence-corrected chi connectivity index (χ1v) is 9.48. The lowest BCUT2D eigenvalue weighted by Crippen LogP contribution is -2.37. The number of aliphatic hydroxyl groups excluding tert-OH is 1. The van der Waals surface area contributed by atoms with Gasteiger partial charge in [-0.3, -0.25) is 4.79 Å². The largest absolute Gasteiger partial charge is 0.388 e. The van der Waals surface area contributed by atoms with Gasteiger partial charge in [-0.15, -0.1) is 0 Å². The lowest BCUT2D eigenvalue weighted by atomic mass is 10.0. The summed E-state index contributed by atoms with van der Waals surface area (Å²) in [6.07, 6.45) is -0.165. The first kappa shape index (κ1) is 19.2. The van der Waals surface area contributed by atoms with Crippen molar-refractivity contribution in [3.05, 3.63) is 51.0 Å². The maximum absolute atomic E-state index is 12.7. The Labute approximate surface area is 163 Å². The van der Waals surface area contributed by atoms with E-state index in [0.29, 0.717) is 34.6 Å². The number of amides is 1. The van der Waals surface area contributed by atoms with E-state index in [2.05, 4.69) is 18.4 Å². The Kier molecular flexibility index (Phi) is 5.61. The summed E-state index contributed by atoms with van der Waals surface area (Å²) in [5.41, 5.74) is 2.70. The molecule has 26 heavy (non-hydrogen) atoms. The zero-order valence-electron chi connectivity index (χ0n) is 15.2. The normalized spacial score (nSPS) is 15.3. The number of carbonyl (C=O) groups excluding carboxylic acids is 1. The third-order valence-corrected chi connectivity index (χ3v) is 5.23. The van der Waals surface area contributed by atoms with Gasteiger partial charge in [-0.2, -0.15) is 0 Å². The molecule has 1 aromatic heterocycles. The lowest BCUT2D eigenvalue weighted by Gasteiger charge is -2.27. The van der Waals surface area contributed by atoms with Crippen LogP contribution in [0.2, 0.25) is 10.0 Å². The van der Waals surface area contributed by atoms with Crippen LogP contribution in [0.4, 0.5) is 0 Å². The van der Waals surface area contributed by atoms with E-state index >= 15 is 0 Å². The molecule has 2 heterocycles. The van der Waals surface area contributed by atoms with Crippen LogP contribution in [0.1, 0.15) is 55.1 Å². The van der Waals surface area contributed by atoms with E-state index in [0.717, 1.165) is 17.9 Å². The van der Waals surface area contributed by atoms with Crippen molar-refractivity contribution in [3.8, 4) is 0 Å². The molecule has 1 N–H and O–H groups in total. The molecule has 0 bridgehead atoms. The van der Waals surface area contributed by atoms with Gasteiger partial charge in [0.05, 0.1) is 24.8 Å². The average molecular weight is 396 g/mol. The van der Waals surface area contributed by atoms with Crippen LogP contribution in [-0.2, 0) is 24.8 Å². The quantitative estimate of drug-likeness (QED) is 0.854. The smallest absolute Gasteiger partial charge is 0.225 e. The van der Waals surface area contributed by atoms with E-state index in [9.17, 15) is 9.90 Å². The van der Waals surface area contributed by atoms with Crippen molar-refractivity contribution in [1.82, 2.24) is 14.5 Å². The number of benzene rings is 1. The Bertz CT molecular complexity index is 812. The first-order chi connectivity index (χ1) is 12.3. The van der Waals surface area contributed by atoms with Gasteiger partial charge < -0.3 is 14.6 Å². The molecule has 2 aromatic rings. The van der Waals surface area contributed by atoms with Crippen molar-refractivity contribution in [2.45, 2.75) is 45.3 Å². The lowest BCUT2D eigenvalue weighted by molar-refractivity contribution is -0.134. The molecule has 5 nitrogen and oxygen atoms in total. The summed E-state index contributed by atoms with van der Waals surface area (Å²) in [7, 11) is 2.03. The summed E-state index contributed by atoms with van der Waals surface area (Å²) in [5, 5.41) is 11.3. The fraction of sp³-hybridized carbons (Fsp3) is 0.474. The van der Waals surface area contributed by atoms with Crippen LogP contribution < -0.4 is 0 Å². The number of rotatable bonds is 4. The molecule has 0 aliphatic carbocycles. The fourth-order valence-corrected chi connectivity index (χ4v) is 4.00. The zero-order chi connectivity index (χ0) is 19.0. The maximum Gasteiger partial charge on any atom is 0.225 e. The minimum atomic E-state index is -0.935. The molecule has 1 atom stereocenters. The van der Waals surface area contributed by atoms with E-state index < -0.39 is 6.10 Å². The highest BCUT2D eigenvalue weighted by atomic mass is 35.5. The summed E-state index contributed by atoms with van der Waals surface area (Å²) in [6.45, 7) is 5.34. The Morgan fingerprint density at radius 1 is 1.27 bits per heavy atom. The number of aliphatic hydroxyl groups is 1. The van der Waals surface area contributed by atoms with Gasteiger partial charge in [0.1, 0.15) is 5.82 Å². The van der Waals surface area contributed by atoms with Gasteiger partial charge >= 0.3 is 0 Å². The summed E-state index contributed by atoms with van der Waals surface area (Å²) < 4.78 is 2.14. The number of carbonyl (C=O) groups is 1. The molecule has 140 valence electrons. The highest BCUT2D eigenvalue weighted by Gasteiger charge is 2.27. The molecule has 0 saturated heterocycles. The standard InChI is InChI=1S/C19H23Cl2N3O2/c1-11(2)19-22-15-10-24(5-4-16(15)23(19)3)18(26)9-17(25)12-6-13(20)8-14(21)7-12/h6-8,11,17,25H,4-5,9-10H2,1-3H3. The molecule has 1 unspecified atom stereocenters. The van der Waals surface area contributed by atoms with E-state index in [-0.39, 0.29) is 12.3 Å². The van der Waals surface area contributed by atoms with Gasteiger partial charge in [-0.1, -0.05) is 37.0 Å². The van der Waals surface area contributed by atoms with Crippen molar-refractivity contribution < 1.29 is 9.90 Å². The van der Waals surface area contributed by atoms with Gasteiger partial charge in [-0.25, -0.2) is 4.98 Å². The predicted molar refractivity (Wildman–Crippen MR) is 102 cm³/mol. The maximum atomic E-state index is 12.7. The van der Waals surface area contributed by atoms with Crippen LogP contribution in [0.3, 0.4) is 0 Å². The number of imidazole rings is 1. The van der Waals surface area contributed by atoms with E-state index in [1.807, 2.05) is 7.05 Å². The Hall–Kier alpha value is -1.56. The van der Waals surface area contributed by atoms with Crippen LogP contribution >= 0.6 is 23.2 Å². The van der Waals surface area contributed by atoms with Crippen molar-refractivity contribution in [2.75, 3.05) is 6.54 Å². The van der Waals surface area contributed by atoms with Crippen LogP contribution in [0.25, 0.3) is 0 Å². The van der Waals surface area contributed by atoms with Gasteiger partial charge in [0.25, 0.3) is 0 Å². The van der Waals surface area contributed by atoms with Crippen molar-refractivity contribution in [1.29, 1.82) is 0 Å². The SMILES string of the molecule is CC(C)c1nc2c(n1C)CCN(C(=O)CC(O)c1cc(Cl)cc(Cl)c1)C2. The third-order valence-electron chi connectivity index (χ3n) is 4.80. The molecular formula is C19H23Cl2N3O2. The molecule has 1 amide bonds. The van der Waals surface area contributed by atoms with Crippen molar-refractivity contribution in [2.24, 2.45) is 7.05 Å². The van der Waals surface area contributed by atoms with E-state index in [1.165, 1.54) is 5.69 Å². The molecule has 7 heteroatoms. The topological polar surface area (TPSA) is 58.4 Å². The highest BCUT2D eigenvalue weighted by Crippen LogP contribution is 2.27. The fourth-order valence-electron chi connectivity index (χ4n) is 3.46. The second kappa shape index (κ2) is 7.59. The minimum Gasteiger partial charge on any atom is -0.388 e. The summed E-state index contributed by atoms with van der Waals surface area (Å²) >= 11 is 12.0. The number of halogens is 2. The van der Waals surface area contributed by atoms with Gasteiger partial charge in [0.15, 0.2) is 0 Å². The molecule has 3 rings (SSSR count). The Morgan fingerprint density at radius 3 is 2.54 bits per heavy atom. The van der Waals surface area contributed by atoms with Crippen molar-refractivity contribution >= 4 is 29.1 Å². The Balaban J connectivity index is 1.70. The zero-order valence-corrected chi connectivity index (χ0v) is 16.7. The summed E-state index contributed by atoms with van der Waals surface area (Å²) in [6, 6.07) is 4.86. The second-order valence-corrected chi connectivity index (χ2v) is 7.94. The number of aromatic nitrogens is 2. The molecule has 1 aromatic carbocycles. The van der Waals surface area contributed by atoms with Crippen molar-refractivity contribution in [3.63, 3.8) is 0 Å². The molecule has 1 aliphatic rings. The minimum absolute atomic E-state index is 0.00409. The number of nitrogens with zero attached hydrogens (tertiary/aromatic N) is 3. The molecule has 0 fully saturated rings. The highest BCUT2D eigenvalue weighted by molar-refractivity contribution is 6.34. The second-order valence-electron chi connectivity index (χ2n) is 7.07. The summed E-state index contributed by atoms with van der Waals surface area (Å²) in [4.78, 5) is 19.1. The first-order valence-electron chi connectivity index (χ1n) is 8.72. The van der Waals surface area contributed by atoms with Crippen LogP contribution in [-0.4, -0.2) is 32.0 Å². The number of fused-ring (bicyclic) bond motifs is 1. The van der Waals surface area contributed by atoms with E-state index in [4.69, 9.17) is 28.2 Å².